The smallest absolute Gasteiger partial charge is 0.219 e. The Bertz CT molecular complexity index is 686. The SMILES string of the molecule is COCc1ccc(-c2ccc(OC3CCN(C(C)=O)CC3)cc2)cc1. The lowest BCUT2D eigenvalue weighted by Crippen LogP contribution is -2.40. The number of carbonyl (C=O) groups is 1. The quantitative estimate of drug-likeness (QED) is 0.829. The van der Waals surface area contributed by atoms with E-state index in [-0.39, 0.29) is 12.0 Å². The molecule has 0 N–H and O–H groups in total. The van der Waals surface area contributed by atoms with Crippen molar-refractivity contribution in [1.29, 1.82) is 0 Å². The Kier molecular flexibility index (Phi) is 5.71. The van der Waals surface area contributed by atoms with Gasteiger partial charge in [0.05, 0.1) is 6.61 Å². The number of likely N-dealkylation sites (tertiary alicyclic amines) is 1. The molecule has 0 spiro atoms. The predicted octanol–water partition coefficient (Wildman–Crippen LogP) is 3.89. The van der Waals surface area contributed by atoms with E-state index in [9.17, 15) is 4.79 Å². The van der Waals surface area contributed by atoms with Crippen LogP contribution in [0.1, 0.15) is 25.3 Å². The minimum absolute atomic E-state index is 0.152. The number of hydrogen-bond acceptors (Lipinski definition) is 3. The average molecular weight is 339 g/mol. The zero-order valence-electron chi connectivity index (χ0n) is 14.9. The van der Waals surface area contributed by atoms with Crippen LogP contribution in [0, 0.1) is 0 Å². The minimum Gasteiger partial charge on any atom is -0.490 e. The van der Waals surface area contributed by atoms with Gasteiger partial charge in [0.1, 0.15) is 11.9 Å². The molecule has 132 valence electrons. The van der Waals surface area contributed by atoms with Crippen LogP contribution in [0.2, 0.25) is 0 Å². The Morgan fingerprint density at radius 2 is 1.56 bits per heavy atom. The summed E-state index contributed by atoms with van der Waals surface area (Å²) in [6, 6.07) is 16.6. The second-order valence-electron chi connectivity index (χ2n) is 6.48. The summed E-state index contributed by atoms with van der Waals surface area (Å²) in [4.78, 5) is 13.3. The molecule has 0 atom stereocenters. The third-order valence-corrected chi connectivity index (χ3v) is 4.64. The summed E-state index contributed by atoms with van der Waals surface area (Å²) in [5.41, 5.74) is 3.52. The first-order valence-electron chi connectivity index (χ1n) is 8.76. The molecule has 1 aliphatic heterocycles. The fourth-order valence-corrected chi connectivity index (χ4v) is 3.17. The van der Waals surface area contributed by atoms with E-state index in [1.165, 1.54) is 16.7 Å². The van der Waals surface area contributed by atoms with Gasteiger partial charge in [-0.2, -0.15) is 0 Å². The molecule has 1 heterocycles. The van der Waals surface area contributed by atoms with E-state index in [2.05, 4.69) is 36.4 Å². The summed E-state index contributed by atoms with van der Waals surface area (Å²) in [7, 11) is 1.70. The van der Waals surface area contributed by atoms with Crippen LogP contribution in [0.15, 0.2) is 48.5 Å². The third kappa shape index (κ3) is 4.60. The molecule has 0 saturated carbocycles. The highest BCUT2D eigenvalue weighted by Crippen LogP contribution is 2.25. The van der Waals surface area contributed by atoms with Crippen LogP contribution in [0.4, 0.5) is 0 Å². The number of piperidine rings is 1. The maximum Gasteiger partial charge on any atom is 0.219 e. The molecule has 1 fully saturated rings. The highest BCUT2D eigenvalue weighted by atomic mass is 16.5. The monoisotopic (exact) mass is 339 g/mol. The van der Waals surface area contributed by atoms with Gasteiger partial charge in [-0.1, -0.05) is 36.4 Å². The van der Waals surface area contributed by atoms with Crippen LogP contribution in [-0.2, 0) is 16.1 Å². The van der Waals surface area contributed by atoms with Crippen molar-refractivity contribution in [2.24, 2.45) is 0 Å². The van der Waals surface area contributed by atoms with Gasteiger partial charge in [0, 0.05) is 40.0 Å². The van der Waals surface area contributed by atoms with Gasteiger partial charge in [0.25, 0.3) is 0 Å². The molecule has 2 aromatic carbocycles. The van der Waals surface area contributed by atoms with Crippen LogP contribution in [0.5, 0.6) is 5.75 Å². The molecule has 1 aliphatic rings. The number of methoxy groups -OCH3 is 1. The Balaban J connectivity index is 1.58. The molecule has 25 heavy (non-hydrogen) atoms. The van der Waals surface area contributed by atoms with Gasteiger partial charge in [-0.15, -0.1) is 0 Å². The maximum atomic E-state index is 11.4. The van der Waals surface area contributed by atoms with Crippen LogP contribution < -0.4 is 4.74 Å². The van der Waals surface area contributed by atoms with E-state index in [1.807, 2.05) is 17.0 Å². The van der Waals surface area contributed by atoms with Crippen LogP contribution in [-0.4, -0.2) is 37.1 Å². The average Bonchev–Trinajstić information content (AvgIpc) is 2.64. The van der Waals surface area contributed by atoms with Crippen molar-refractivity contribution in [3.05, 3.63) is 54.1 Å². The number of rotatable bonds is 5. The van der Waals surface area contributed by atoms with Crippen molar-refractivity contribution in [1.82, 2.24) is 4.90 Å². The zero-order chi connectivity index (χ0) is 17.6. The van der Waals surface area contributed by atoms with Crippen molar-refractivity contribution in [2.45, 2.75) is 32.5 Å². The number of ether oxygens (including phenoxy) is 2. The van der Waals surface area contributed by atoms with E-state index in [1.54, 1.807) is 14.0 Å². The van der Waals surface area contributed by atoms with Crippen molar-refractivity contribution < 1.29 is 14.3 Å². The van der Waals surface area contributed by atoms with E-state index in [0.29, 0.717) is 6.61 Å². The lowest BCUT2D eigenvalue weighted by Gasteiger charge is -2.31. The Morgan fingerprint density at radius 1 is 1.00 bits per heavy atom. The number of hydrogen-bond donors (Lipinski definition) is 0. The first-order chi connectivity index (χ1) is 12.2. The second-order valence-corrected chi connectivity index (χ2v) is 6.48. The van der Waals surface area contributed by atoms with Crippen molar-refractivity contribution in [2.75, 3.05) is 20.2 Å². The zero-order valence-corrected chi connectivity index (χ0v) is 14.9. The molecule has 1 saturated heterocycles. The van der Waals surface area contributed by atoms with E-state index >= 15 is 0 Å². The lowest BCUT2D eigenvalue weighted by molar-refractivity contribution is -0.130. The van der Waals surface area contributed by atoms with Gasteiger partial charge in [-0.25, -0.2) is 0 Å². The molecular formula is C21H25NO3. The number of benzene rings is 2. The van der Waals surface area contributed by atoms with Gasteiger partial charge in [-0.05, 0) is 28.8 Å². The van der Waals surface area contributed by atoms with Crippen LogP contribution in [0.25, 0.3) is 11.1 Å². The molecule has 0 bridgehead atoms. The van der Waals surface area contributed by atoms with Gasteiger partial charge in [-0.3, -0.25) is 4.79 Å². The summed E-state index contributed by atoms with van der Waals surface area (Å²) in [5.74, 6) is 1.04. The predicted molar refractivity (Wildman–Crippen MR) is 98.5 cm³/mol. The fraction of sp³-hybridized carbons (Fsp3) is 0.381. The molecule has 1 amide bonds. The van der Waals surface area contributed by atoms with Crippen molar-refractivity contribution in [3.63, 3.8) is 0 Å². The molecule has 0 aromatic heterocycles. The standard InChI is InChI=1S/C21H25NO3/c1-16(23)22-13-11-21(12-14-22)25-20-9-7-19(8-10-20)18-5-3-17(4-6-18)15-24-2/h3-10,21H,11-15H2,1-2H3. The largest absolute Gasteiger partial charge is 0.490 e. The first-order valence-corrected chi connectivity index (χ1v) is 8.76. The van der Waals surface area contributed by atoms with Gasteiger partial charge in [0.2, 0.25) is 5.91 Å². The highest BCUT2D eigenvalue weighted by Gasteiger charge is 2.21. The third-order valence-electron chi connectivity index (χ3n) is 4.64. The summed E-state index contributed by atoms with van der Waals surface area (Å²) in [5, 5.41) is 0. The normalized spacial score (nSPS) is 15.2. The molecular weight excluding hydrogens is 314 g/mol. The van der Waals surface area contributed by atoms with Crippen LogP contribution >= 0.6 is 0 Å². The fourth-order valence-electron chi connectivity index (χ4n) is 3.17. The van der Waals surface area contributed by atoms with Gasteiger partial charge < -0.3 is 14.4 Å². The molecule has 0 radical (unpaired) electrons. The Hall–Kier alpha value is -2.33. The van der Waals surface area contributed by atoms with E-state index in [0.717, 1.165) is 31.7 Å². The lowest BCUT2D eigenvalue weighted by atomic mass is 10.0. The molecule has 0 aliphatic carbocycles. The highest BCUT2D eigenvalue weighted by molar-refractivity contribution is 5.73. The summed E-state index contributed by atoms with van der Waals surface area (Å²) >= 11 is 0. The molecule has 3 rings (SSSR count). The second kappa shape index (κ2) is 8.17. The summed E-state index contributed by atoms with van der Waals surface area (Å²) in [6.45, 7) is 3.83. The molecule has 4 heteroatoms. The van der Waals surface area contributed by atoms with Gasteiger partial charge in [0.15, 0.2) is 0 Å². The first kappa shape index (κ1) is 17.5. The molecule has 2 aromatic rings. The van der Waals surface area contributed by atoms with Crippen molar-refractivity contribution in [3.8, 4) is 16.9 Å². The number of amides is 1. The molecule has 0 unspecified atom stereocenters. The van der Waals surface area contributed by atoms with E-state index in [4.69, 9.17) is 9.47 Å². The summed E-state index contributed by atoms with van der Waals surface area (Å²) in [6.07, 6.45) is 1.97. The van der Waals surface area contributed by atoms with Gasteiger partial charge >= 0.3 is 0 Å². The topological polar surface area (TPSA) is 38.8 Å². The van der Waals surface area contributed by atoms with Crippen LogP contribution in [0.3, 0.4) is 0 Å². The Labute approximate surface area is 149 Å². The Morgan fingerprint density at radius 3 is 2.08 bits per heavy atom. The maximum absolute atomic E-state index is 11.4. The van der Waals surface area contributed by atoms with E-state index < -0.39 is 0 Å². The minimum atomic E-state index is 0.152. The van der Waals surface area contributed by atoms with Crippen molar-refractivity contribution >= 4 is 5.91 Å². The summed E-state index contributed by atoms with van der Waals surface area (Å²) < 4.78 is 11.2. The number of nitrogens with zero attached hydrogens (tertiary/aromatic N) is 1. The number of carbonyl (C=O) groups excluding carboxylic acids is 1. The molecule has 4 nitrogen and oxygen atoms in total.